The van der Waals surface area contributed by atoms with Crippen LogP contribution in [0.15, 0.2) is 18.2 Å². The van der Waals surface area contributed by atoms with Crippen LogP contribution in [-0.2, 0) is 0 Å². The van der Waals surface area contributed by atoms with Gasteiger partial charge >= 0.3 is 0 Å². The lowest BCUT2D eigenvalue weighted by atomic mass is 10.1. The molecule has 0 unspecified atom stereocenters. The smallest absolute Gasteiger partial charge is 0.289 e. The first-order chi connectivity index (χ1) is 12.1. The number of amides is 2. The molecular formula is C14H13N5O6S. The number of thiazole rings is 1. The van der Waals surface area contributed by atoms with Crippen molar-refractivity contribution < 1.29 is 19.4 Å². The summed E-state index contributed by atoms with van der Waals surface area (Å²) in [5.74, 6) is -1.15. The highest BCUT2D eigenvalue weighted by Crippen LogP contribution is 2.27. The summed E-state index contributed by atoms with van der Waals surface area (Å²) in [6.07, 6.45) is 0. The van der Waals surface area contributed by atoms with Crippen LogP contribution in [-0.4, -0.2) is 45.6 Å². The van der Waals surface area contributed by atoms with Gasteiger partial charge in [-0.15, -0.1) is 0 Å². The number of carbonyl (C=O) groups excluding carboxylic acids is 2. The summed E-state index contributed by atoms with van der Waals surface area (Å²) in [7, 11) is 3.14. The fourth-order valence-electron chi connectivity index (χ4n) is 1.99. The number of nitrogens with zero attached hydrogens (tertiary/aromatic N) is 4. The zero-order valence-corrected chi connectivity index (χ0v) is 14.7. The minimum Gasteiger partial charge on any atom is -0.344 e. The number of aryl methyl sites for hydroxylation is 1. The molecular weight excluding hydrogens is 366 g/mol. The van der Waals surface area contributed by atoms with Gasteiger partial charge in [0.15, 0.2) is 5.13 Å². The molecule has 1 aromatic heterocycles. The maximum Gasteiger partial charge on any atom is 0.289 e. The molecule has 12 heteroatoms. The highest BCUT2D eigenvalue weighted by molar-refractivity contribution is 7.17. The Hall–Kier alpha value is -3.41. The monoisotopic (exact) mass is 379 g/mol. The lowest BCUT2D eigenvalue weighted by Crippen LogP contribution is -2.21. The second kappa shape index (κ2) is 7.23. The Labute approximate surface area is 150 Å². The molecule has 136 valence electrons. The van der Waals surface area contributed by atoms with Crippen molar-refractivity contribution in [2.45, 2.75) is 6.92 Å². The van der Waals surface area contributed by atoms with Crippen molar-refractivity contribution in [2.75, 3.05) is 19.4 Å². The zero-order chi connectivity index (χ0) is 19.6. The minimum atomic E-state index is -0.879. The first-order valence-electron chi connectivity index (χ1n) is 7.05. The Balaban J connectivity index is 2.34. The molecule has 2 amide bonds. The van der Waals surface area contributed by atoms with Crippen LogP contribution in [0.3, 0.4) is 0 Å². The number of hydrogen-bond donors (Lipinski definition) is 1. The molecule has 0 spiro atoms. The van der Waals surface area contributed by atoms with E-state index in [9.17, 15) is 29.8 Å². The van der Waals surface area contributed by atoms with E-state index >= 15 is 0 Å². The summed E-state index contributed by atoms with van der Waals surface area (Å²) < 4.78 is 0. The van der Waals surface area contributed by atoms with E-state index in [4.69, 9.17) is 0 Å². The quantitative estimate of drug-likeness (QED) is 0.618. The maximum absolute atomic E-state index is 12.3. The van der Waals surface area contributed by atoms with E-state index in [2.05, 4.69) is 10.3 Å². The van der Waals surface area contributed by atoms with E-state index < -0.39 is 27.1 Å². The third kappa shape index (κ3) is 3.80. The molecule has 0 saturated heterocycles. The van der Waals surface area contributed by atoms with Gasteiger partial charge in [0.1, 0.15) is 10.4 Å². The lowest BCUT2D eigenvalue weighted by molar-refractivity contribution is -0.394. The van der Waals surface area contributed by atoms with Gasteiger partial charge in [-0.3, -0.25) is 35.1 Å². The van der Waals surface area contributed by atoms with Crippen LogP contribution < -0.4 is 5.32 Å². The second-order valence-electron chi connectivity index (χ2n) is 5.30. The van der Waals surface area contributed by atoms with Gasteiger partial charge in [-0.2, -0.15) is 0 Å². The lowest BCUT2D eigenvalue weighted by Gasteiger charge is -2.07. The van der Waals surface area contributed by atoms with Crippen molar-refractivity contribution in [1.82, 2.24) is 9.88 Å². The Morgan fingerprint density at radius 2 is 1.85 bits per heavy atom. The predicted molar refractivity (Wildman–Crippen MR) is 92.6 cm³/mol. The van der Waals surface area contributed by atoms with Gasteiger partial charge in [0.25, 0.3) is 23.2 Å². The molecule has 2 rings (SSSR count). The first kappa shape index (κ1) is 18.9. The molecule has 0 aliphatic heterocycles. The molecule has 1 aromatic carbocycles. The van der Waals surface area contributed by atoms with E-state index in [1.54, 1.807) is 21.0 Å². The van der Waals surface area contributed by atoms with E-state index in [1.807, 2.05) is 0 Å². The van der Waals surface area contributed by atoms with Crippen LogP contribution in [0.4, 0.5) is 16.5 Å². The number of carbonyl (C=O) groups is 2. The van der Waals surface area contributed by atoms with E-state index in [1.165, 1.54) is 4.90 Å². The van der Waals surface area contributed by atoms with Gasteiger partial charge in [-0.05, 0) is 13.0 Å². The van der Waals surface area contributed by atoms with Gasteiger partial charge in [0.2, 0.25) is 0 Å². The summed E-state index contributed by atoms with van der Waals surface area (Å²) in [5.41, 5.74) is -1.15. The van der Waals surface area contributed by atoms with Crippen molar-refractivity contribution in [2.24, 2.45) is 0 Å². The molecule has 0 saturated carbocycles. The number of anilines is 1. The van der Waals surface area contributed by atoms with Crippen LogP contribution >= 0.6 is 11.3 Å². The molecule has 2 aromatic rings. The average Bonchev–Trinajstić information content (AvgIpc) is 2.93. The first-order valence-corrected chi connectivity index (χ1v) is 7.86. The highest BCUT2D eigenvalue weighted by Gasteiger charge is 2.25. The Kier molecular flexibility index (Phi) is 5.26. The molecule has 0 aliphatic rings. The fraction of sp³-hybridized carbons (Fsp3) is 0.214. The summed E-state index contributed by atoms with van der Waals surface area (Å²) in [5, 5.41) is 24.3. The normalized spacial score (nSPS) is 10.3. The Morgan fingerprint density at radius 3 is 2.38 bits per heavy atom. The number of hydrogen-bond acceptors (Lipinski definition) is 8. The van der Waals surface area contributed by atoms with Gasteiger partial charge in [0, 0.05) is 20.2 Å². The van der Waals surface area contributed by atoms with E-state index in [0.717, 1.165) is 23.5 Å². The topological polar surface area (TPSA) is 149 Å². The standard InChI is InChI=1S/C14H13N5O6S/c1-7-11(13(21)17(2)3)26-14(15-7)16-12(20)9-5-4-8(18(22)23)6-10(9)19(24)25/h4-6H,1-3H3,(H,15,16,20). The third-order valence-corrected chi connectivity index (χ3v) is 4.31. The predicted octanol–water partition coefficient (Wildman–Crippen LogP) is 2.22. The molecule has 1 N–H and O–H groups in total. The van der Waals surface area contributed by atoms with E-state index in [0.29, 0.717) is 16.6 Å². The second-order valence-corrected chi connectivity index (χ2v) is 6.30. The number of aromatic nitrogens is 1. The Bertz CT molecular complexity index is 923. The summed E-state index contributed by atoms with van der Waals surface area (Å²) in [6, 6.07) is 2.71. The highest BCUT2D eigenvalue weighted by atomic mass is 32.1. The van der Waals surface area contributed by atoms with Gasteiger partial charge in [-0.25, -0.2) is 4.98 Å². The number of rotatable bonds is 5. The number of benzene rings is 1. The van der Waals surface area contributed by atoms with Crippen molar-refractivity contribution in [3.63, 3.8) is 0 Å². The zero-order valence-electron chi connectivity index (χ0n) is 13.9. The molecule has 26 heavy (non-hydrogen) atoms. The van der Waals surface area contributed by atoms with Crippen LogP contribution in [0.25, 0.3) is 0 Å². The number of nitrogens with one attached hydrogen (secondary N) is 1. The van der Waals surface area contributed by atoms with Crippen LogP contribution in [0.2, 0.25) is 0 Å². The molecule has 11 nitrogen and oxygen atoms in total. The fourth-order valence-corrected chi connectivity index (χ4v) is 2.98. The molecule has 0 aliphatic carbocycles. The number of non-ortho nitro benzene ring substituents is 1. The van der Waals surface area contributed by atoms with Gasteiger partial charge in [0.05, 0.1) is 21.6 Å². The molecule has 0 fully saturated rings. The number of nitro groups is 2. The van der Waals surface area contributed by atoms with Gasteiger partial charge < -0.3 is 4.90 Å². The minimum absolute atomic E-state index is 0.0883. The van der Waals surface area contributed by atoms with E-state index in [-0.39, 0.29) is 16.6 Å². The summed E-state index contributed by atoms with van der Waals surface area (Å²) >= 11 is 0.929. The largest absolute Gasteiger partial charge is 0.344 e. The third-order valence-electron chi connectivity index (χ3n) is 3.25. The van der Waals surface area contributed by atoms with Crippen molar-refractivity contribution in [3.05, 3.63) is 54.6 Å². The Morgan fingerprint density at radius 1 is 1.19 bits per heavy atom. The van der Waals surface area contributed by atoms with Crippen molar-refractivity contribution >= 4 is 39.7 Å². The average molecular weight is 379 g/mol. The maximum atomic E-state index is 12.3. The van der Waals surface area contributed by atoms with Crippen LogP contribution in [0.5, 0.6) is 0 Å². The molecule has 1 heterocycles. The summed E-state index contributed by atoms with van der Waals surface area (Å²) in [4.78, 5) is 50.3. The number of nitro benzene ring substituents is 2. The molecule has 0 radical (unpaired) electrons. The molecule has 0 bridgehead atoms. The van der Waals surface area contributed by atoms with Crippen molar-refractivity contribution in [1.29, 1.82) is 0 Å². The van der Waals surface area contributed by atoms with Gasteiger partial charge in [-0.1, -0.05) is 11.3 Å². The molecule has 0 atom stereocenters. The SMILES string of the molecule is Cc1nc(NC(=O)c2ccc([N+](=O)[O-])cc2[N+](=O)[O-])sc1C(=O)N(C)C. The van der Waals surface area contributed by atoms with Crippen LogP contribution in [0, 0.1) is 27.2 Å². The van der Waals surface area contributed by atoms with Crippen molar-refractivity contribution in [3.8, 4) is 0 Å². The van der Waals surface area contributed by atoms with Crippen LogP contribution in [0.1, 0.15) is 25.7 Å². The summed E-state index contributed by atoms with van der Waals surface area (Å²) in [6.45, 7) is 1.59.